The fourth-order valence-electron chi connectivity index (χ4n) is 2.98. The number of carbonyl (C=O) groups is 2. The number of pyridine rings is 1. The highest BCUT2D eigenvalue weighted by Crippen LogP contribution is 2.40. The van der Waals surface area contributed by atoms with Crippen molar-refractivity contribution in [3.63, 3.8) is 0 Å². The highest BCUT2D eigenvalue weighted by atomic mass is 32.2. The lowest BCUT2D eigenvalue weighted by Crippen LogP contribution is -2.28. The maximum Gasteiger partial charge on any atom is 0.259 e. The molecule has 1 aromatic heterocycles. The third-order valence-corrected chi connectivity index (χ3v) is 5.41. The lowest BCUT2D eigenvalue weighted by Gasteiger charge is -2.17. The van der Waals surface area contributed by atoms with Crippen LogP contribution in [-0.2, 0) is 9.53 Å². The zero-order valence-corrected chi connectivity index (χ0v) is 14.5. The number of rotatable bonds is 2. The number of hydrogen-bond acceptors (Lipinski definition) is 5. The van der Waals surface area contributed by atoms with Gasteiger partial charge in [-0.1, -0.05) is 11.8 Å². The van der Waals surface area contributed by atoms with Gasteiger partial charge in [0.2, 0.25) is 0 Å². The van der Waals surface area contributed by atoms with Crippen LogP contribution in [0.1, 0.15) is 23.2 Å². The van der Waals surface area contributed by atoms with Crippen molar-refractivity contribution in [2.75, 3.05) is 23.9 Å². The van der Waals surface area contributed by atoms with E-state index in [0.717, 1.165) is 28.5 Å². The Hall–Kier alpha value is -2.38. The third kappa shape index (κ3) is 3.01. The van der Waals surface area contributed by atoms with Crippen molar-refractivity contribution in [2.24, 2.45) is 0 Å². The lowest BCUT2D eigenvalue weighted by molar-refractivity contribution is -0.124. The summed E-state index contributed by atoms with van der Waals surface area (Å²) in [7, 11) is 1.73. The molecular weight excluding hydrogens is 338 g/mol. The van der Waals surface area contributed by atoms with Gasteiger partial charge in [-0.2, -0.15) is 0 Å². The Bertz CT molecular complexity index is 849. The van der Waals surface area contributed by atoms with Gasteiger partial charge in [0.1, 0.15) is 11.1 Å². The van der Waals surface area contributed by atoms with Crippen LogP contribution in [0.5, 0.6) is 0 Å². The van der Waals surface area contributed by atoms with Gasteiger partial charge in [-0.25, -0.2) is 4.98 Å². The van der Waals surface area contributed by atoms with Gasteiger partial charge in [0.05, 0.1) is 11.3 Å². The zero-order valence-electron chi connectivity index (χ0n) is 13.7. The maximum atomic E-state index is 12.8. The van der Waals surface area contributed by atoms with Crippen LogP contribution in [0.4, 0.5) is 11.4 Å². The minimum absolute atomic E-state index is 0.123. The third-order valence-electron chi connectivity index (χ3n) is 4.32. The van der Waals surface area contributed by atoms with Crippen LogP contribution in [0, 0.1) is 0 Å². The van der Waals surface area contributed by atoms with E-state index in [4.69, 9.17) is 4.74 Å². The van der Waals surface area contributed by atoms with Gasteiger partial charge in [0.25, 0.3) is 11.8 Å². The van der Waals surface area contributed by atoms with Crippen molar-refractivity contribution in [2.45, 2.75) is 28.9 Å². The highest BCUT2D eigenvalue weighted by Gasteiger charge is 2.27. The van der Waals surface area contributed by atoms with Crippen LogP contribution in [-0.4, -0.2) is 36.6 Å². The second-order valence-electron chi connectivity index (χ2n) is 6.00. The predicted molar refractivity (Wildman–Crippen MR) is 95.1 cm³/mol. The first kappa shape index (κ1) is 16.1. The Morgan fingerprint density at radius 2 is 2.28 bits per heavy atom. The average molecular weight is 355 g/mol. The molecular formula is C18H17N3O3S. The average Bonchev–Trinajstić information content (AvgIpc) is 3.14. The maximum absolute atomic E-state index is 12.8. The molecule has 7 heteroatoms. The SMILES string of the molecule is CN1C(=O)c2cc(NC(=O)C3CCCO3)ccc2Sc2ncccc21. The van der Waals surface area contributed by atoms with Crippen LogP contribution >= 0.6 is 11.8 Å². The second kappa shape index (κ2) is 6.50. The second-order valence-corrected chi connectivity index (χ2v) is 7.03. The Balaban J connectivity index is 1.64. The monoisotopic (exact) mass is 355 g/mol. The fraction of sp³-hybridized carbons (Fsp3) is 0.278. The fourth-order valence-corrected chi connectivity index (χ4v) is 4.01. The molecule has 2 aliphatic heterocycles. The van der Waals surface area contributed by atoms with E-state index in [2.05, 4.69) is 10.3 Å². The van der Waals surface area contributed by atoms with E-state index in [1.165, 1.54) is 11.8 Å². The molecule has 25 heavy (non-hydrogen) atoms. The van der Waals surface area contributed by atoms with Crippen LogP contribution in [0.25, 0.3) is 0 Å². The number of amides is 2. The van der Waals surface area contributed by atoms with Gasteiger partial charge in [-0.15, -0.1) is 0 Å². The summed E-state index contributed by atoms with van der Waals surface area (Å²) >= 11 is 1.45. The molecule has 1 N–H and O–H groups in total. The summed E-state index contributed by atoms with van der Waals surface area (Å²) in [6.07, 6.45) is 2.94. The Kier molecular flexibility index (Phi) is 4.19. The van der Waals surface area contributed by atoms with Crippen LogP contribution in [0.2, 0.25) is 0 Å². The Morgan fingerprint density at radius 3 is 3.08 bits per heavy atom. The Morgan fingerprint density at radius 1 is 1.40 bits per heavy atom. The lowest BCUT2D eigenvalue weighted by atomic mass is 10.1. The summed E-state index contributed by atoms with van der Waals surface area (Å²) < 4.78 is 5.40. The molecule has 2 amide bonds. The van der Waals surface area contributed by atoms with E-state index in [-0.39, 0.29) is 11.8 Å². The molecule has 3 heterocycles. The van der Waals surface area contributed by atoms with Crippen molar-refractivity contribution >= 4 is 35.0 Å². The van der Waals surface area contributed by atoms with E-state index in [0.29, 0.717) is 17.9 Å². The van der Waals surface area contributed by atoms with Crippen molar-refractivity contribution in [1.29, 1.82) is 0 Å². The predicted octanol–water partition coefficient (Wildman–Crippen LogP) is 2.94. The summed E-state index contributed by atoms with van der Waals surface area (Å²) in [5.74, 6) is -0.285. The van der Waals surface area contributed by atoms with Gasteiger partial charge in [0, 0.05) is 30.4 Å². The molecule has 1 fully saturated rings. The van der Waals surface area contributed by atoms with Crippen LogP contribution in [0.15, 0.2) is 46.5 Å². The summed E-state index contributed by atoms with van der Waals surface area (Å²) in [4.78, 5) is 31.9. The number of hydrogen-bond donors (Lipinski definition) is 1. The van der Waals surface area contributed by atoms with Gasteiger partial charge in [0.15, 0.2) is 0 Å². The van der Waals surface area contributed by atoms with E-state index >= 15 is 0 Å². The first-order valence-corrected chi connectivity index (χ1v) is 8.92. The summed E-state index contributed by atoms with van der Waals surface area (Å²) in [5.41, 5.74) is 1.93. The van der Waals surface area contributed by atoms with Crippen molar-refractivity contribution in [1.82, 2.24) is 4.98 Å². The minimum atomic E-state index is -0.403. The molecule has 1 atom stereocenters. The first-order valence-electron chi connectivity index (χ1n) is 8.11. The summed E-state index contributed by atoms with van der Waals surface area (Å²) in [6.45, 7) is 0.619. The molecule has 1 aromatic carbocycles. The standard InChI is InChI=1S/C18H17N3O3S/c1-21-13-4-2-8-19-17(13)25-15-7-6-11(10-12(15)18(21)23)20-16(22)14-5-3-9-24-14/h2,4,6-8,10,14H,3,5,9H2,1H3,(H,20,22). The number of carbonyl (C=O) groups excluding carboxylic acids is 2. The molecule has 4 rings (SSSR count). The van der Waals surface area contributed by atoms with Crippen LogP contribution in [0.3, 0.4) is 0 Å². The van der Waals surface area contributed by atoms with Crippen molar-refractivity contribution in [3.05, 3.63) is 42.1 Å². The molecule has 0 bridgehead atoms. The molecule has 1 unspecified atom stereocenters. The van der Waals surface area contributed by atoms with Crippen LogP contribution < -0.4 is 10.2 Å². The number of nitrogens with one attached hydrogen (secondary N) is 1. The van der Waals surface area contributed by atoms with Gasteiger partial charge < -0.3 is 15.0 Å². The number of ether oxygens (including phenoxy) is 1. The molecule has 128 valence electrons. The number of fused-ring (bicyclic) bond motifs is 2. The van der Waals surface area contributed by atoms with E-state index in [1.54, 1.807) is 30.3 Å². The molecule has 2 aromatic rings. The summed E-state index contributed by atoms with van der Waals surface area (Å²) in [5, 5.41) is 3.64. The van der Waals surface area contributed by atoms with Gasteiger partial charge >= 0.3 is 0 Å². The summed E-state index contributed by atoms with van der Waals surface area (Å²) in [6, 6.07) is 9.06. The largest absolute Gasteiger partial charge is 0.368 e. The molecule has 0 aliphatic carbocycles. The molecule has 6 nitrogen and oxygen atoms in total. The number of benzene rings is 1. The number of anilines is 2. The van der Waals surface area contributed by atoms with E-state index < -0.39 is 6.10 Å². The van der Waals surface area contributed by atoms with E-state index in [9.17, 15) is 9.59 Å². The molecule has 0 radical (unpaired) electrons. The topological polar surface area (TPSA) is 71.5 Å². The molecule has 2 aliphatic rings. The van der Waals surface area contributed by atoms with Crippen molar-refractivity contribution in [3.8, 4) is 0 Å². The zero-order chi connectivity index (χ0) is 17.4. The first-order chi connectivity index (χ1) is 12.1. The highest BCUT2D eigenvalue weighted by molar-refractivity contribution is 7.99. The van der Waals surface area contributed by atoms with Gasteiger partial charge in [-0.3, -0.25) is 9.59 Å². The Labute approximate surface area is 149 Å². The molecule has 1 saturated heterocycles. The normalized spacial score (nSPS) is 19.2. The van der Waals surface area contributed by atoms with Crippen molar-refractivity contribution < 1.29 is 14.3 Å². The minimum Gasteiger partial charge on any atom is -0.368 e. The number of aromatic nitrogens is 1. The quantitative estimate of drug-likeness (QED) is 0.897. The molecule has 0 saturated carbocycles. The number of nitrogens with zero attached hydrogens (tertiary/aromatic N) is 2. The smallest absolute Gasteiger partial charge is 0.259 e. The molecule has 0 spiro atoms. The van der Waals surface area contributed by atoms with E-state index in [1.807, 2.05) is 18.2 Å². The van der Waals surface area contributed by atoms with Gasteiger partial charge in [-0.05, 0) is 43.2 Å².